The van der Waals surface area contributed by atoms with Gasteiger partial charge in [0.2, 0.25) is 10.0 Å². The van der Waals surface area contributed by atoms with E-state index < -0.39 is 10.0 Å². The molecule has 136 valence electrons. The van der Waals surface area contributed by atoms with Crippen LogP contribution in [0.4, 0.5) is 0 Å². The van der Waals surface area contributed by atoms with Crippen molar-refractivity contribution in [1.82, 2.24) is 14.6 Å². The summed E-state index contributed by atoms with van der Waals surface area (Å²) >= 11 is 0. The molecule has 0 unspecified atom stereocenters. The number of methoxy groups -OCH3 is 1. The van der Waals surface area contributed by atoms with E-state index >= 15 is 0 Å². The predicted octanol–water partition coefficient (Wildman–Crippen LogP) is 1.82. The second-order valence-corrected chi connectivity index (χ2v) is 7.47. The first-order chi connectivity index (χ1) is 11.8. The largest absolute Gasteiger partial charge is 0.497 e. The maximum atomic E-state index is 12.6. The standard InChI is InChI=1S/C17H23N3O4S/c1-5-15(12-6-8-13(24-4)9-7-12)19-17(21)16-10-14(11-20(16)3)25(22,23)18-2/h6-11,15,18H,5H2,1-4H3,(H,19,21)/t15-/m0/s1. The third-order valence-corrected chi connectivity index (χ3v) is 5.40. The van der Waals surface area contributed by atoms with Crippen molar-refractivity contribution in [3.8, 4) is 5.75 Å². The molecule has 0 bridgehead atoms. The smallest absolute Gasteiger partial charge is 0.268 e. The van der Waals surface area contributed by atoms with Gasteiger partial charge in [-0.15, -0.1) is 0 Å². The number of carbonyl (C=O) groups is 1. The van der Waals surface area contributed by atoms with Crippen LogP contribution >= 0.6 is 0 Å². The maximum Gasteiger partial charge on any atom is 0.268 e. The highest BCUT2D eigenvalue weighted by Gasteiger charge is 2.21. The van der Waals surface area contributed by atoms with Gasteiger partial charge in [-0.3, -0.25) is 4.79 Å². The van der Waals surface area contributed by atoms with Crippen LogP contribution in [-0.4, -0.2) is 33.0 Å². The minimum Gasteiger partial charge on any atom is -0.497 e. The van der Waals surface area contributed by atoms with Gasteiger partial charge in [-0.05, 0) is 37.2 Å². The van der Waals surface area contributed by atoms with Crippen LogP contribution < -0.4 is 14.8 Å². The van der Waals surface area contributed by atoms with Gasteiger partial charge in [-0.1, -0.05) is 19.1 Å². The van der Waals surface area contributed by atoms with Crippen LogP contribution in [0.1, 0.15) is 35.4 Å². The van der Waals surface area contributed by atoms with Crippen molar-refractivity contribution in [2.24, 2.45) is 7.05 Å². The fourth-order valence-electron chi connectivity index (χ4n) is 2.51. The normalized spacial score (nSPS) is 12.6. The summed E-state index contributed by atoms with van der Waals surface area (Å²) in [6.45, 7) is 1.97. The topological polar surface area (TPSA) is 89.4 Å². The van der Waals surface area contributed by atoms with Gasteiger partial charge in [0.25, 0.3) is 5.91 Å². The molecule has 0 aliphatic carbocycles. The van der Waals surface area contributed by atoms with Gasteiger partial charge in [0.1, 0.15) is 16.3 Å². The maximum absolute atomic E-state index is 12.6. The van der Waals surface area contributed by atoms with E-state index in [4.69, 9.17) is 4.74 Å². The summed E-state index contributed by atoms with van der Waals surface area (Å²) in [5, 5.41) is 2.94. The molecule has 2 aromatic rings. The highest BCUT2D eigenvalue weighted by molar-refractivity contribution is 7.89. The average molecular weight is 365 g/mol. The summed E-state index contributed by atoms with van der Waals surface area (Å²) < 4.78 is 32.6. The van der Waals surface area contributed by atoms with Crippen molar-refractivity contribution in [3.63, 3.8) is 0 Å². The Hall–Kier alpha value is -2.32. The number of hydrogen-bond donors (Lipinski definition) is 2. The molecule has 0 radical (unpaired) electrons. The predicted molar refractivity (Wildman–Crippen MR) is 95.2 cm³/mol. The summed E-state index contributed by atoms with van der Waals surface area (Å²) in [7, 11) is 0.975. The number of nitrogens with zero attached hydrogens (tertiary/aromatic N) is 1. The van der Waals surface area contributed by atoms with Crippen molar-refractivity contribution in [1.29, 1.82) is 0 Å². The highest BCUT2D eigenvalue weighted by Crippen LogP contribution is 2.21. The zero-order valence-corrected chi connectivity index (χ0v) is 15.6. The SMILES string of the molecule is CC[C@H](NC(=O)c1cc(S(=O)(=O)NC)cn1C)c1ccc(OC)cc1. The Morgan fingerprint density at radius 2 is 1.92 bits per heavy atom. The lowest BCUT2D eigenvalue weighted by molar-refractivity contribution is 0.0927. The molecule has 2 N–H and O–H groups in total. The number of aryl methyl sites for hydroxylation is 1. The second kappa shape index (κ2) is 7.71. The van der Waals surface area contributed by atoms with Gasteiger partial charge in [-0.2, -0.15) is 0 Å². The van der Waals surface area contributed by atoms with E-state index in [9.17, 15) is 13.2 Å². The zero-order chi connectivity index (χ0) is 18.6. The number of amides is 1. The molecule has 8 heteroatoms. The second-order valence-electron chi connectivity index (χ2n) is 5.59. The van der Waals surface area contributed by atoms with E-state index in [2.05, 4.69) is 10.0 Å². The van der Waals surface area contributed by atoms with Crippen molar-refractivity contribution in [2.75, 3.05) is 14.2 Å². The van der Waals surface area contributed by atoms with Gasteiger partial charge in [0.05, 0.1) is 13.2 Å². The lowest BCUT2D eigenvalue weighted by Gasteiger charge is -2.18. The van der Waals surface area contributed by atoms with Gasteiger partial charge in [-0.25, -0.2) is 13.1 Å². The van der Waals surface area contributed by atoms with Crippen molar-refractivity contribution in [2.45, 2.75) is 24.3 Å². The minimum absolute atomic E-state index is 0.0557. The summed E-state index contributed by atoms with van der Waals surface area (Å²) in [5.41, 5.74) is 1.23. The van der Waals surface area contributed by atoms with E-state index in [1.54, 1.807) is 14.2 Å². The molecular formula is C17H23N3O4S. The Bertz CT molecular complexity index is 841. The molecule has 7 nitrogen and oxygen atoms in total. The first-order valence-electron chi connectivity index (χ1n) is 7.87. The number of nitrogens with one attached hydrogen (secondary N) is 2. The minimum atomic E-state index is -3.59. The molecule has 1 amide bonds. The van der Waals surface area contributed by atoms with Crippen LogP contribution in [-0.2, 0) is 17.1 Å². The monoisotopic (exact) mass is 365 g/mol. The first-order valence-corrected chi connectivity index (χ1v) is 9.35. The fraction of sp³-hybridized carbons (Fsp3) is 0.353. The Balaban J connectivity index is 2.22. The van der Waals surface area contributed by atoms with Crippen LogP contribution in [0.15, 0.2) is 41.4 Å². The van der Waals surface area contributed by atoms with E-state index in [0.717, 1.165) is 11.3 Å². The average Bonchev–Trinajstić information content (AvgIpc) is 3.02. The van der Waals surface area contributed by atoms with Crippen LogP contribution in [0.3, 0.4) is 0 Å². The summed E-state index contributed by atoms with van der Waals surface area (Å²) in [4.78, 5) is 12.6. The van der Waals surface area contributed by atoms with Gasteiger partial charge in [0.15, 0.2) is 0 Å². The molecule has 0 saturated carbocycles. The summed E-state index contributed by atoms with van der Waals surface area (Å²) in [6.07, 6.45) is 2.11. The van der Waals surface area contributed by atoms with Gasteiger partial charge in [0, 0.05) is 13.2 Å². The quantitative estimate of drug-likeness (QED) is 0.783. The number of benzene rings is 1. The van der Waals surface area contributed by atoms with Gasteiger partial charge < -0.3 is 14.6 Å². The Kier molecular flexibility index (Phi) is 5.86. The fourth-order valence-corrected chi connectivity index (χ4v) is 3.31. The Morgan fingerprint density at radius 1 is 1.28 bits per heavy atom. The molecule has 1 atom stereocenters. The highest BCUT2D eigenvalue weighted by atomic mass is 32.2. The van der Waals surface area contributed by atoms with Crippen LogP contribution in [0.25, 0.3) is 0 Å². The molecule has 1 heterocycles. The van der Waals surface area contributed by atoms with E-state index in [1.807, 2.05) is 31.2 Å². The number of sulfonamides is 1. The summed E-state index contributed by atoms with van der Waals surface area (Å²) in [5.74, 6) is 0.414. The molecule has 2 rings (SSSR count). The number of rotatable bonds is 7. The molecule has 25 heavy (non-hydrogen) atoms. The van der Waals surface area contributed by atoms with Crippen molar-refractivity contribution < 1.29 is 17.9 Å². The number of aromatic nitrogens is 1. The van der Waals surface area contributed by atoms with E-state index in [-0.39, 0.29) is 22.5 Å². The number of ether oxygens (including phenoxy) is 1. The summed E-state index contributed by atoms with van der Waals surface area (Å²) in [6, 6.07) is 8.65. The first kappa shape index (κ1) is 19.0. The lowest BCUT2D eigenvalue weighted by Crippen LogP contribution is -2.29. The Morgan fingerprint density at radius 3 is 2.44 bits per heavy atom. The Labute approximate surface area is 148 Å². The molecule has 0 fully saturated rings. The zero-order valence-electron chi connectivity index (χ0n) is 14.7. The number of hydrogen-bond acceptors (Lipinski definition) is 4. The van der Waals surface area contributed by atoms with Crippen molar-refractivity contribution >= 4 is 15.9 Å². The van der Waals surface area contributed by atoms with Crippen LogP contribution in [0.2, 0.25) is 0 Å². The molecule has 1 aromatic carbocycles. The third-order valence-electron chi connectivity index (χ3n) is 4.02. The molecule has 0 aliphatic rings. The third kappa shape index (κ3) is 4.21. The molecule has 0 saturated heterocycles. The van der Waals surface area contributed by atoms with E-state index in [0.29, 0.717) is 6.42 Å². The molecule has 0 spiro atoms. The van der Waals surface area contributed by atoms with Crippen LogP contribution in [0, 0.1) is 0 Å². The lowest BCUT2D eigenvalue weighted by atomic mass is 10.0. The van der Waals surface area contributed by atoms with Crippen molar-refractivity contribution in [3.05, 3.63) is 47.8 Å². The molecule has 0 aliphatic heterocycles. The van der Waals surface area contributed by atoms with Gasteiger partial charge >= 0.3 is 0 Å². The number of carbonyl (C=O) groups excluding carboxylic acids is 1. The van der Waals surface area contributed by atoms with Crippen LogP contribution in [0.5, 0.6) is 5.75 Å². The van der Waals surface area contributed by atoms with E-state index in [1.165, 1.54) is 23.9 Å². The molecular weight excluding hydrogens is 342 g/mol. The molecule has 1 aromatic heterocycles.